The first-order valence-electron chi connectivity index (χ1n) is 9.52. The molecule has 4 heteroatoms. The van der Waals surface area contributed by atoms with Crippen LogP contribution >= 0.6 is 0 Å². The molecule has 2 amide bonds. The molecule has 1 saturated heterocycles. The van der Waals surface area contributed by atoms with Gasteiger partial charge < -0.3 is 9.80 Å². The molecule has 2 atom stereocenters. The molecule has 0 spiro atoms. The highest BCUT2D eigenvalue weighted by molar-refractivity contribution is 6.35. The summed E-state index contributed by atoms with van der Waals surface area (Å²) in [5, 5.41) is 0. The van der Waals surface area contributed by atoms with Crippen LogP contribution in [0.25, 0.3) is 0 Å². The van der Waals surface area contributed by atoms with E-state index >= 15 is 0 Å². The number of fused-ring (bicyclic) bond motifs is 2. The van der Waals surface area contributed by atoms with Gasteiger partial charge >= 0.3 is 11.8 Å². The molecule has 2 fully saturated rings. The van der Waals surface area contributed by atoms with Gasteiger partial charge in [-0.05, 0) is 41.9 Å². The van der Waals surface area contributed by atoms with Crippen molar-refractivity contribution in [3.63, 3.8) is 0 Å². The van der Waals surface area contributed by atoms with Crippen LogP contribution in [-0.2, 0) is 9.59 Å². The SMILES string of the molecule is CC(C)CN(CC(C)C)C(=O)C(=O)N1CC2(C)CC1CC(C)(C)C2. The lowest BCUT2D eigenvalue weighted by Crippen LogP contribution is -2.49. The maximum Gasteiger partial charge on any atom is 0.312 e. The third kappa shape index (κ3) is 4.31. The summed E-state index contributed by atoms with van der Waals surface area (Å²) in [6.45, 7) is 17.3. The molecule has 24 heavy (non-hydrogen) atoms. The highest BCUT2D eigenvalue weighted by Crippen LogP contribution is 2.52. The molecule has 138 valence electrons. The van der Waals surface area contributed by atoms with E-state index < -0.39 is 0 Å². The number of amides is 2. The smallest absolute Gasteiger partial charge is 0.312 e. The van der Waals surface area contributed by atoms with E-state index in [0.29, 0.717) is 24.9 Å². The number of carbonyl (C=O) groups is 2. The first kappa shape index (κ1) is 19.3. The van der Waals surface area contributed by atoms with Gasteiger partial charge in [0.2, 0.25) is 0 Å². The Balaban J connectivity index is 2.13. The molecule has 2 aliphatic rings. The van der Waals surface area contributed by atoms with Gasteiger partial charge in [0, 0.05) is 25.7 Å². The molecule has 2 rings (SSSR count). The molecule has 0 radical (unpaired) electrons. The fourth-order valence-corrected chi connectivity index (χ4v) is 5.08. The highest BCUT2D eigenvalue weighted by atomic mass is 16.2. The summed E-state index contributed by atoms with van der Waals surface area (Å²) in [5.41, 5.74) is 0.425. The van der Waals surface area contributed by atoms with Gasteiger partial charge in [0.15, 0.2) is 0 Å². The molecule has 1 saturated carbocycles. The summed E-state index contributed by atoms with van der Waals surface area (Å²) in [6, 6.07) is 0.232. The minimum absolute atomic E-state index is 0.170. The van der Waals surface area contributed by atoms with Crippen molar-refractivity contribution in [2.45, 2.75) is 73.8 Å². The minimum Gasteiger partial charge on any atom is -0.334 e. The number of likely N-dealkylation sites (tertiary alicyclic amines) is 1. The zero-order valence-electron chi connectivity index (χ0n) is 16.7. The van der Waals surface area contributed by atoms with Crippen LogP contribution in [0.5, 0.6) is 0 Å². The van der Waals surface area contributed by atoms with Gasteiger partial charge in [-0.15, -0.1) is 0 Å². The van der Waals surface area contributed by atoms with E-state index in [9.17, 15) is 9.59 Å². The Bertz CT molecular complexity index is 488. The van der Waals surface area contributed by atoms with Gasteiger partial charge in [-0.3, -0.25) is 9.59 Å². The molecule has 0 aromatic carbocycles. The molecule has 2 bridgehead atoms. The summed E-state index contributed by atoms with van der Waals surface area (Å²) in [7, 11) is 0. The molecule has 1 aliphatic heterocycles. The first-order chi connectivity index (χ1) is 10.9. The molecule has 2 unspecified atom stereocenters. The van der Waals surface area contributed by atoms with Crippen LogP contribution in [0.15, 0.2) is 0 Å². The predicted octanol–water partition coefficient (Wildman–Crippen LogP) is 3.55. The molecule has 4 nitrogen and oxygen atoms in total. The van der Waals surface area contributed by atoms with Crippen molar-refractivity contribution in [1.82, 2.24) is 9.80 Å². The molecule has 0 aromatic rings. The molecular weight excluding hydrogens is 300 g/mol. The number of carbonyl (C=O) groups excluding carboxylic acids is 2. The Morgan fingerprint density at radius 3 is 2.08 bits per heavy atom. The van der Waals surface area contributed by atoms with Crippen LogP contribution in [-0.4, -0.2) is 47.3 Å². The Labute approximate surface area is 148 Å². The summed E-state index contributed by atoms with van der Waals surface area (Å²) in [5.74, 6) is 0.165. The van der Waals surface area contributed by atoms with Crippen LogP contribution in [0.4, 0.5) is 0 Å². The Kier molecular flexibility index (Phi) is 5.37. The van der Waals surface area contributed by atoms with Crippen LogP contribution in [0.1, 0.15) is 67.7 Å². The van der Waals surface area contributed by atoms with Gasteiger partial charge in [0.25, 0.3) is 0 Å². The second-order valence-electron chi connectivity index (χ2n) is 10.1. The number of nitrogens with zero attached hydrogens (tertiary/aromatic N) is 2. The second-order valence-corrected chi connectivity index (χ2v) is 10.1. The second kappa shape index (κ2) is 6.68. The lowest BCUT2D eigenvalue weighted by molar-refractivity contribution is -0.153. The quantitative estimate of drug-likeness (QED) is 0.737. The van der Waals surface area contributed by atoms with Crippen molar-refractivity contribution in [1.29, 1.82) is 0 Å². The lowest BCUT2D eigenvalue weighted by Gasteiger charge is -2.39. The van der Waals surface area contributed by atoms with Crippen LogP contribution in [0.2, 0.25) is 0 Å². The average molecular weight is 337 g/mol. The molecular formula is C20H36N2O2. The van der Waals surface area contributed by atoms with Crippen LogP contribution < -0.4 is 0 Å². The van der Waals surface area contributed by atoms with Gasteiger partial charge in [-0.25, -0.2) is 0 Å². The zero-order valence-corrected chi connectivity index (χ0v) is 16.7. The summed E-state index contributed by atoms with van der Waals surface area (Å²) in [6.07, 6.45) is 3.19. The van der Waals surface area contributed by atoms with Crippen molar-refractivity contribution >= 4 is 11.8 Å². The Hall–Kier alpha value is -1.06. The van der Waals surface area contributed by atoms with E-state index in [0.717, 1.165) is 25.8 Å². The van der Waals surface area contributed by atoms with Crippen molar-refractivity contribution in [3.05, 3.63) is 0 Å². The number of rotatable bonds is 4. The van der Waals surface area contributed by atoms with E-state index in [-0.39, 0.29) is 28.7 Å². The van der Waals surface area contributed by atoms with Gasteiger partial charge in [0.05, 0.1) is 0 Å². The highest BCUT2D eigenvalue weighted by Gasteiger charge is 2.52. The average Bonchev–Trinajstić information content (AvgIpc) is 2.64. The van der Waals surface area contributed by atoms with Crippen molar-refractivity contribution in [3.8, 4) is 0 Å². The zero-order chi connectivity index (χ0) is 18.3. The van der Waals surface area contributed by atoms with Gasteiger partial charge in [0.1, 0.15) is 0 Å². The number of hydrogen-bond donors (Lipinski definition) is 0. The third-order valence-corrected chi connectivity index (χ3v) is 5.32. The molecule has 0 aromatic heterocycles. The van der Waals surface area contributed by atoms with E-state index in [1.54, 1.807) is 4.90 Å². The van der Waals surface area contributed by atoms with Crippen LogP contribution in [0, 0.1) is 22.7 Å². The summed E-state index contributed by atoms with van der Waals surface area (Å²) in [4.78, 5) is 29.5. The molecule has 0 N–H and O–H groups in total. The molecule has 1 heterocycles. The van der Waals surface area contributed by atoms with Gasteiger partial charge in [-0.1, -0.05) is 48.5 Å². The monoisotopic (exact) mass is 336 g/mol. The third-order valence-electron chi connectivity index (χ3n) is 5.32. The van der Waals surface area contributed by atoms with Gasteiger partial charge in [-0.2, -0.15) is 0 Å². The largest absolute Gasteiger partial charge is 0.334 e. The van der Waals surface area contributed by atoms with Crippen LogP contribution in [0.3, 0.4) is 0 Å². The maximum atomic E-state index is 13.0. The normalized spacial score (nSPS) is 28.5. The lowest BCUT2D eigenvalue weighted by atomic mass is 9.65. The summed E-state index contributed by atoms with van der Waals surface area (Å²) < 4.78 is 0. The Morgan fingerprint density at radius 2 is 1.58 bits per heavy atom. The number of hydrogen-bond acceptors (Lipinski definition) is 2. The van der Waals surface area contributed by atoms with E-state index in [1.807, 2.05) is 4.90 Å². The standard InChI is InChI=1S/C20H36N2O2/c1-14(2)10-21(11-15(3)4)17(23)18(24)22-13-20(7)9-16(22)8-19(5,6)12-20/h14-16H,8-13H2,1-7H3. The van der Waals surface area contributed by atoms with Crippen molar-refractivity contribution < 1.29 is 9.59 Å². The van der Waals surface area contributed by atoms with E-state index in [4.69, 9.17) is 0 Å². The van der Waals surface area contributed by atoms with E-state index in [1.165, 1.54) is 0 Å². The molecule has 1 aliphatic carbocycles. The fraction of sp³-hybridized carbons (Fsp3) is 0.900. The fourth-order valence-electron chi connectivity index (χ4n) is 5.08. The van der Waals surface area contributed by atoms with Crippen molar-refractivity contribution in [2.24, 2.45) is 22.7 Å². The van der Waals surface area contributed by atoms with Crippen molar-refractivity contribution in [2.75, 3.05) is 19.6 Å². The maximum absolute atomic E-state index is 13.0. The predicted molar refractivity (Wildman–Crippen MR) is 97.5 cm³/mol. The Morgan fingerprint density at radius 1 is 1.04 bits per heavy atom. The summed E-state index contributed by atoms with van der Waals surface area (Å²) >= 11 is 0. The topological polar surface area (TPSA) is 40.6 Å². The minimum atomic E-state index is -0.300. The first-order valence-corrected chi connectivity index (χ1v) is 9.52. The van der Waals surface area contributed by atoms with E-state index in [2.05, 4.69) is 48.5 Å².